The Kier molecular flexibility index (Phi) is 5.64. The van der Waals surface area contributed by atoms with E-state index in [-0.39, 0.29) is 30.4 Å². The van der Waals surface area contributed by atoms with E-state index >= 15 is 0 Å². The van der Waals surface area contributed by atoms with Gasteiger partial charge < -0.3 is 5.32 Å². The van der Waals surface area contributed by atoms with Crippen LogP contribution in [0.5, 0.6) is 0 Å². The van der Waals surface area contributed by atoms with Crippen molar-refractivity contribution in [3.8, 4) is 5.69 Å². The fourth-order valence-corrected chi connectivity index (χ4v) is 3.05. The van der Waals surface area contributed by atoms with Gasteiger partial charge in [-0.2, -0.15) is 5.10 Å². The Labute approximate surface area is 156 Å². The van der Waals surface area contributed by atoms with Crippen LogP contribution in [-0.2, 0) is 11.2 Å². The molecule has 1 heterocycles. The highest BCUT2D eigenvalue weighted by atomic mass is 19.1. The summed E-state index contributed by atoms with van der Waals surface area (Å²) in [6, 6.07) is 12.8. The van der Waals surface area contributed by atoms with E-state index in [0.29, 0.717) is 0 Å². The number of carbonyl (C=O) groups excluding carboxylic acids is 1. The summed E-state index contributed by atoms with van der Waals surface area (Å²) < 4.78 is 28.7. The zero-order valence-electron chi connectivity index (χ0n) is 15.2. The summed E-state index contributed by atoms with van der Waals surface area (Å²) in [6.07, 6.45) is 1.96. The molecule has 0 spiro atoms. The number of benzene rings is 2. The van der Waals surface area contributed by atoms with E-state index in [1.165, 1.54) is 0 Å². The SMILES string of the molecule is Cc1c(C(C)NC(=O)CCc2cc(F)ccc2F)cnn1-c1ccccc1. The number of nitrogens with one attached hydrogen (secondary N) is 1. The normalized spacial score (nSPS) is 12.0. The largest absolute Gasteiger partial charge is 0.349 e. The first-order valence-corrected chi connectivity index (χ1v) is 8.79. The molecular weight excluding hydrogens is 348 g/mol. The van der Waals surface area contributed by atoms with Gasteiger partial charge in [-0.1, -0.05) is 18.2 Å². The topological polar surface area (TPSA) is 46.9 Å². The zero-order valence-corrected chi connectivity index (χ0v) is 15.2. The van der Waals surface area contributed by atoms with Crippen LogP contribution < -0.4 is 5.32 Å². The third-order valence-electron chi connectivity index (χ3n) is 4.52. The lowest BCUT2D eigenvalue weighted by molar-refractivity contribution is -0.121. The summed E-state index contributed by atoms with van der Waals surface area (Å²) in [7, 11) is 0. The molecule has 1 N–H and O–H groups in total. The third kappa shape index (κ3) is 4.39. The first kappa shape index (κ1) is 18.8. The Morgan fingerprint density at radius 1 is 1.19 bits per heavy atom. The predicted octanol–water partition coefficient (Wildman–Crippen LogP) is 4.27. The number of halogens is 2. The summed E-state index contributed by atoms with van der Waals surface area (Å²) in [5, 5.41) is 7.30. The van der Waals surface area contributed by atoms with Crippen molar-refractivity contribution in [2.24, 2.45) is 0 Å². The second-order valence-corrected chi connectivity index (χ2v) is 6.46. The fraction of sp³-hybridized carbons (Fsp3) is 0.238. The molecule has 27 heavy (non-hydrogen) atoms. The highest BCUT2D eigenvalue weighted by molar-refractivity contribution is 5.76. The summed E-state index contributed by atoms with van der Waals surface area (Å²) in [6.45, 7) is 3.82. The summed E-state index contributed by atoms with van der Waals surface area (Å²) in [5.41, 5.74) is 2.99. The molecule has 0 bridgehead atoms. The molecule has 3 aromatic rings. The van der Waals surface area contributed by atoms with Gasteiger partial charge in [0.05, 0.1) is 17.9 Å². The highest BCUT2D eigenvalue weighted by Crippen LogP contribution is 2.20. The quantitative estimate of drug-likeness (QED) is 0.705. The predicted molar refractivity (Wildman–Crippen MR) is 99.5 cm³/mol. The number of aromatic nitrogens is 2. The van der Waals surface area contributed by atoms with Crippen molar-refractivity contribution >= 4 is 5.91 Å². The van der Waals surface area contributed by atoms with E-state index in [1.54, 1.807) is 6.20 Å². The van der Waals surface area contributed by atoms with Gasteiger partial charge in [0.15, 0.2) is 0 Å². The molecule has 0 saturated carbocycles. The lowest BCUT2D eigenvalue weighted by Gasteiger charge is -2.14. The van der Waals surface area contributed by atoms with Crippen molar-refractivity contribution in [1.82, 2.24) is 15.1 Å². The van der Waals surface area contributed by atoms with Crippen LogP contribution in [0, 0.1) is 18.6 Å². The van der Waals surface area contributed by atoms with Gasteiger partial charge >= 0.3 is 0 Å². The zero-order chi connectivity index (χ0) is 19.4. The van der Waals surface area contributed by atoms with Crippen LogP contribution in [0.1, 0.15) is 36.2 Å². The Morgan fingerprint density at radius 3 is 2.67 bits per heavy atom. The molecule has 2 aromatic carbocycles. The molecule has 1 amide bonds. The number of carbonyl (C=O) groups is 1. The van der Waals surface area contributed by atoms with Crippen molar-refractivity contribution in [1.29, 1.82) is 0 Å². The van der Waals surface area contributed by atoms with Crippen molar-refractivity contribution in [3.63, 3.8) is 0 Å². The first-order chi connectivity index (χ1) is 13.0. The molecule has 1 aromatic heterocycles. The van der Waals surface area contributed by atoms with Crippen molar-refractivity contribution in [3.05, 3.63) is 83.2 Å². The molecule has 0 aliphatic carbocycles. The standard InChI is InChI=1S/C21H21F2N3O/c1-14(19-13-24-26(15(19)2)18-6-4-3-5-7-18)25-21(27)11-8-16-12-17(22)9-10-20(16)23/h3-7,9-10,12-14H,8,11H2,1-2H3,(H,25,27). The van der Waals surface area contributed by atoms with E-state index < -0.39 is 11.6 Å². The molecule has 0 fully saturated rings. The van der Waals surface area contributed by atoms with E-state index in [1.807, 2.05) is 48.9 Å². The number of hydrogen-bond donors (Lipinski definition) is 1. The van der Waals surface area contributed by atoms with Crippen LogP contribution in [0.15, 0.2) is 54.7 Å². The number of rotatable bonds is 6. The molecule has 0 radical (unpaired) electrons. The summed E-state index contributed by atoms with van der Waals surface area (Å²) >= 11 is 0. The van der Waals surface area contributed by atoms with Crippen LogP contribution in [0.3, 0.4) is 0 Å². The molecule has 140 valence electrons. The highest BCUT2D eigenvalue weighted by Gasteiger charge is 2.16. The number of aryl methyl sites for hydroxylation is 1. The van der Waals surface area contributed by atoms with Crippen LogP contribution in [0.25, 0.3) is 5.69 Å². The smallest absolute Gasteiger partial charge is 0.220 e. The Morgan fingerprint density at radius 2 is 1.93 bits per heavy atom. The molecule has 6 heteroatoms. The van der Waals surface area contributed by atoms with Gasteiger partial charge in [0.2, 0.25) is 5.91 Å². The minimum atomic E-state index is -0.510. The molecule has 1 atom stereocenters. The van der Waals surface area contributed by atoms with E-state index in [2.05, 4.69) is 10.4 Å². The van der Waals surface area contributed by atoms with Crippen LogP contribution in [0.4, 0.5) is 8.78 Å². The van der Waals surface area contributed by atoms with Gasteiger partial charge in [-0.3, -0.25) is 4.79 Å². The van der Waals surface area contributed by atoms with E-state index in [4.69, 9.17) is 0 Å². The minimum Gasteiger partial charge on any atom is -0.349 e. The van der Waals surface area contributed by atoms with Gasteiger partial charge in [0.25, 0.3) is 0 Å². The van der Waals surface area contributed by atoms with Gasteiger partial charge in [-0.05, 0) is 56.2 Å². The Balaban J connectivity index is 1.63. The number of hydrogen-bond acceptors (Lipinski definition) is 2. The maximum atomic E-state index is 13.7. The lowest BCUT2D eigenvalue weighted by atomic mass is 10.1. The molecule has 1 unspecified atom stereocenters. The Hall–Kier alpha value is -3.02. The molecule has 4 nitrogen and oxygen atoms in total. The van der Waals surface area contributed by atoms with Crippen molar-refractivity contribution in [2.75, 3.05) is 0 Å². The van der Waals surface area contributed by atoms with Crippen molar-refractivity contribution in [2.45, 2.75) is 32.7 Å². The maximum Gasteiger partial charge on any atom is 0.220 e. The Bertz CT molecular complexity index is 938. The molecular formula is C21H21F2N3O. The second kappa shape index (κ2) is 8.12. The molecule has 0 aliphatic heterocycles. The van der Waals surface area contributed by atoms with E-state index in [9.17, 15) is 13.6 Å². The van der Waals surface area contributed by atoms with Gasteiger partial charge in [-0.25, -0.2) is 13.5 Å². The average Bonchev–Trinajstić information content (AvgIpc) is 3.04. The lowest BCUT2D eigenvalue weighted by Crippen LogP contribution is -2.27. The fourth-order valence-electron chi connectivity index (χ4n) is 3.05. The molecule has 0 aliphatic rings. The van der Waals surface area contributed by atoms with Gasteiger partial charge in [0.1, 0.15) is 11.6 Å². The molecule has 3 rings (SSSR count). The average molecular weight is 369 g/mol. The monoisotopic (exact) mass is 369 g/mol. The maximum absolute atomic E-state index is 13.7. The number of para-hydroxylation sites is 1. The van der Waals surface area contributed by atoms with Crippen molar-refractivity contribution < 1.29 is 13.6 Å². The van der Waals surface area contributed by atoms with Crippen LogP contribution in [0.2, 0.25) is 0 Å². The number of nitrogens with zero attached hydrogens (tertiary/aromatic N) is 2. The summed E-state index contributed by atoms with van der Waals surface area (Å²) in [5.74, 6) is -1.24. The minimum absolute atomic E-state index is 0.0799. The third-order valence-corrected chi connectivity index (χ3v) is 4.52. The van der Waals surface area contributed by atoms with Crippen LogP contribution in [-0.4, -0.2) is 15.7 Å². The van der Waals surface area contributed by atoms with Gasteiger partial charge in [-0.15, -0.1) is 0 Å². The van der Waals surface area contributed by atoms with Gasteiger partial charge in [0, 0.05) is 17.7 Å². The summed E-state index contributed by atoms with van der Waals surface area (Å²) in [4.78, 5) is 12.2. The second-order valence-electron chi connectivity index (χ2n) is 6.46. The van der Waals surface area contributed by atoms with Crippen LogP contribution >= 0.6 is 0 Å². The first-order valence-electron chi connectivity index (χ1n) is 8.79. The van der Waals surface area contributed by atoms with E-state index in [0.717, 1.165) is 35.1 Å². The number of amides is 1. The molecule has 0 saturated heterocycles.